The zero-order chi connectivity index (χ0) is 16.3. The van der Waals surface area contributed by atoms with E-state index in [4.69, 9.17) is 9.47 Å². The van der Waals surface area contributed by atoms with Gasteiger partial charge in [-0.05, 0) is 57.9 Å². The summed E-state index contributed by atoms with van der Waals surface area (Å²) in [6, 6.07) is 9.62. The summed E-state index contributed by atoms with van der Waals surface area (Å²) in [6.45, 7) is 6.17. The first-order chi connectivity index (χ1) is 10.5. The molecular weight excluding hydrogens is 302 g/mol. The van der Waals surface area contributed by atoms with Crippen molar-refractivity contribution in [3.63, 3.8) is 0 Å². The van der Waals surface area contributed by atoms with Crippen LogP contribution in [0.5, 0.6) is 11.5 Å². The fraction of sp³-hybridized carbons (Fsp3) is 0.278. The third-order valence-corrected chi connectivity index (χ3v) is 5.09. The number of hydrogen-bond acceptors (Lipinski definition) is 3. The molecule has 118 valence electrons. The monoisotopic (exact) mass is 324 g/mol. The van der Waals surface area contributed by atoms with Gasteiger partial charge >= 0.3 is 18.9 Å². The molecule has 2 aromatic rings. The van der Waals surface area contributed by atoms with Crippen LogP contribution in [0.3, 0.4) is 0 Å². The Morgan fingerprint density at radius 1 is 1.00 bits per heavy atom. The number of rotatable bonds is 5. The molecule has 0 N–H and O–H groups in total. The Labute approximate surface area is 153 Å². The maximum atomic E-state index is 12.8. The van der Waals surface area contributed by atoms with Crippen LogP contribution < -0.4 is 33.6 Å². The van der Waals surface area contributed by atoms with Gasteiger partial charge < -0.3 is 10.9 Å². The van der Waals surface area contributed by atoms with E-state index < -0.39 is 0 Å². The zero-order valence-electron chi connectivity index (χ0n) is 15.6. The van der Waals surface area contributed by atoms with E-state index in [1.165, 1.54) is 5.56 Å². The second-order valence-corrected chi connectivity index (χ2v) is 6.47. The first-order valence-corrected chi connectivity index (χ1v) is 8.08. The molecule has 0 aliphatic carbocycles. The summed E-state index contributed by atoms with van der Waals surface area (Å²) in [4.78, 5) is 12.8. The van der Waals surface area contributed by atoms with Crippen LogP contribution >= 0.6 is 8.58 Å². The van der Waals surface area contributed by atoms with Gasteiger partial charge in [0.1, 0.15) is 17.1 Å². The van der Waals surface area contributed by atoms with Crippen LogP contribution in [-0.4, -0.2) is 19.7 Å². The molecule has 0 amide bonds. The number of hydrogen-bond donors (Lipinski definition) is 0. The van der Waals surface area contributed by atoms with Crippen LogP contribution in [0.25, 0.3) is 0 Å². The van der Waals surface area contributed by atoms with Gasteiger partial charge in [-0.2, -0.15) is 0 Å². The van der Waals surface area contributed by atoms with Gasteiger partial charge in [0.05, 0.1) is 14.2 Å². The van der Waals surface area contributed by atoms with Crippen LogP contribution in [0, 0.1) is 20.8 Å². The number of ether oxygens (including phenoxy) is 2. The molecule has 0 radical (unpaired) electrons. The van der Waals surface area contributed by atoms with Gasteiger partial charge in [-0.1, -0.05) is 23.8 Å². The molecule has 0 saturated heterocycles. The molecule has 1 unspecified atom stereocenters. The average Bonchev–Trinajstić information content (AvgIpc) is 2.49. The van der Waals surface area contributed by atoms with E-state index in [1.54, 1.807) is 26.4 Å². The molecule has 3 nitrogen and oxygen atoms in total. The summed E-state index contributed by atoms with van der Waals surface area (Å²) in [6.07, 6.45) is 0. The van der Waals surface area contributed by atoms with Crippen molar-refractivity contribution in [2.24, 2.45) is 0 Å². The van der Waals surface area contributed by atoms with Crippen LogP contribution in [0.2, 0.25) is 0 Å². The van der Waals surface area contributed by atoms with Crippen LogP contribution in [0.4, 0.5) is 0 Å². The van der Waals surface area contributed by atoms with E-state index in [2.05, 4.69) is 32.9 Å². The Hall–Kier alpha value is -1.26. The standard InChI is InChI=1S/C18H21O3P.Li.H/c1-11-9-12(2)17(13(3)10-11)22-18(19)16-14(20-4)7-6-8-15(16)21-5;;/h6-10,22H,1-5H3;;/q;+1;-1. The van der Waals surface area contributed by atoms with E-state index in [0.717, 1.165) is 16.4 Å². The first-order valence-electron chi connectivity index (χ1n) is 7.08. The molecule has 0 saturated carbocycles. The zero-order valence-corrected chi connectivity index (χ0v) is 15.6. The second-order valence-electron chi connectivity index (χ2n) is 5.27. The number of aryl methyl sites for hydroxylation is 3. The van der Waals surface area contributed by atoms with Crippen LogP contribution in [0.1, 0.15) is 28.5 Å². The number of carbonyl (C=O) groups excluding carboxylic acids is 1. The van der Waals surface area contributed by atoms with Gasteiger partial charge in [0, 0.05) is 0 Å². The van der Waals surface area contributed by atoms with Crippen LogP contribution in [0.15, 0.2) is 30.3 Å². The first kappa shape index (κ1) is 19.8. The van der Waals surface area contributed by atoms with Gasteiger partial charge in [0.2, 0.25) is 0 Å². The molecule has 5 heteroatoms. The molecule has 0 fully saturated rings. The number of carbonyl (C=O) groups is 1. The fourth-order valence-corrected chi connectivity index (χ4v) is 3.77. The van der Waals surface area contributed by atoms with E-state index in [0.29, 0.717) is 17.1 Å². The SMILES string of the molecule is COc1cccc(OC)c1C(=O)Pc1c(C)cc(C)cc1C.[H-].[Li+]. The molecule has 0 spiro atoms. The fourth-order valence-electron chi connectivity index (χ4n) is 2.63. The molecule has 0 aliphatic heterocycles. The second kappa shape index (κ2) is 8.55. The molecule has 0 aliphatic rings. The van der Waals surface area contributed by atoms with Gasteiger partial charge in [0.15, 0.2) is 5.52 Å². The summed E-state index contributed by atoms with van der Waals surface area (Å²) >= 11 is 0. The van der Waals surface area contributed by atoms with E-state index in [1.807, 2.05) is 6.07 Å². The van der Waals surface area contributed by atoms with E-state index in [9.17, 15) is 4.79 Å². The van der Waals surface area contributed by atoms with Crippen molar-refractivity contribution in [1.82, 2.24) is 0 Å². The molecule has 2 aromatic carbocycles. The number of benzene rings is 2. The topological polar surface area (TPSA) is 35.5 Å². The quantitative estimate of drug-likeness (QED) is 0.605. The summed E-state index contributed by atoms with van der Waals surface area (Å²) in [7, 11) is 3.18. The number of methoxy groups -OCH3 is 2. The van der Waals surface area contributed by atoms with Gasteiger partial charge in [-0.3, -0.25) is 4.79 Å². The third-order valence-electron chi connectivity index (χ3n) is 3.57. The Morgan fingerprint density at radius 2 is 1.48 bits per heavy atom. The van der Waals surface area contributed by atoms with Crippen molar-refractivity contribution in [1.29, 1.82) is 0 Å². The van der Waals surface area contributed by atoms with Crippen molar-refractivity contribution >= 4 is 19.4 Å². The maximum Gasteiger partial charge on any atom is 1.00 e. The van der Waals surface area contributed by atoms with Gasteiger partial charge in [-0.15, -0.1) is 0 Å². The Morgan fingerprint density at radius 3 is 1.91 bits per heavy atom. The molecule has 0 bridgehead atoms. The molecule has 1 atom stereocenters. The summed E-state index contributed by atoms with van der Waals surface area (Å²) in [5.41, 5.74) is 4.07. The van der Waals surface area contributed by atoms with Crippen molar-refractivity contribution < 1.29 is 34.6 Å². The maximum absolute atomic E-state index is 12.8. The molecule has 23 heavy (non-hydrogen) atoms. The van der Waals surface area contributed by atoms with Crippen LogP contribution in [-0.2, 0) is 0 Å². The Bertz CT molecular complexity index is 674. The summed E-state index contributed by atoms with van der Waals surface area (Å²) < 4.78 is 10.7. The Kier molecular flexibility index (Phi) is 7.35. The predicted molar refractivity (Wildman–Crippen MR) is 93.6 cm³/mol. The van der Waals surface area contributed by atoms with E-state index in [-0.39, 0.29) is 34.4 Å². The minimum absolute atomic E-state index is 0. The summed E-state index contributed by atoms with van der Waals surface area (Å²) in [5, 5.41) is 1.10. The summed E-state index contributed by atoms with van der Waals surface area (Å²) in [5.74, 6) is 1.11. The molecule has 0 aromatic heterocycles. The Balaban J connectivity index is 0.00000264. The predicted octanol–water partition coefficient (Wildman–Crippen LogP) is 0.890. The smallest absolute Gasteiger partial charge is 1.00 e. The van der Waals surface area contributed by atoms with Crippen molar-refractivity contribution in [2.75, 3.05) is 14.2 Å². The molecular formula is C18H22LiO3P. The third kappa shape index (κ3) is 4.39. The van der Waals surface area contributed by atoms with E-state index >= 15 is 0 Å². The van der Waals surface area contributed by atoms with Crippen molar-refractivity contribution in [2.45, 2.75) is 20.8 Å². The largest absolute Gasteiger partial charge is 1.00 e. The molecule has 0 heterocycles. The van der Waals surface area contributed by atoms with Gasteiger partial charge in [-0.25, -0.2) is 0 Å². The van der Waals surface area contributed by atoms with Crippen molar-refractivity contribution in [3.05, 3.63) is 52.6 Å². The minimum atomic E-state index is 0. The van der Waals surface area contributed by atoms with Gasteiger partial charge in [0.25, 0.3) is 0 Å². The normalized spacial score (nSPS) is 10.5. The van der Waals surface area contributed by atoms with Crippen molar-refractivity contribution in [3.8, 4) is 11.5 Å². The average molecular weight is 324 g/mol. The minimum Gasteiger partial charge on any atom is -1.00 e. The molecule has 2 rings (SSSR count).